The number of aliphatic carboxylic acids is 1. The molecule has 19 heavy (non-hydrogen) atoms. The Kier molecular flexibility index (Phi) is 7.90. The summed E-state index contributed by atoms with van der Waals surface area (Å²) in [6, 6.07) is -0.635. The van der Waals surface area contributed by atoms with Gasteiger partial charge in [-0.15, -0.1) is 0 Å². The van der Waals surface area contributed by atoms with Crippen LogP contribution in [0.2, 0.25) is 0 Å². The molecule has 0 aliphatic carbocycles. The van der Waals surface area contributed by atoms with Gasteiger partial charge < -0.3 is 15.2 Å². The number of carbonyl (C=O) groups is 2. The van der Waals surface area contributed by atoms with Gasteiger partial charge in [0.15, 0.2) is 0 Å². The first-order chi connectivity index (χ1) is 8.83. The highest BCUT2D eigenvalue weighted by Crippen LogP contribution is 2.16. The van der Waals surface area contributed by atoms with Gasteiger partial charge in [0.1, 0.15) is 6.04 Å². The third kappa shape index (κ3) is 6.28. The molecule has 1 unspecified atom stereocenters. The van der Waals surface area contributed by atoms with E-state index in [2.05, 4.69) is 10.1 Å². The van der Waals surface area contributed by atoms with Gasteiger partial charge >= 0.3 is 11.9 Å². The molecule has 0 rings (SSSR count). The van der Waals surface area contributed by atoms with Gasteiger partial charge in [-0.1, -0.05) is 13.8 Å². The number of carboxylic acids is 1. The third-order valence-electron chi connectivity index (χ3n) is 2.87. The molecule has 0 aliphatic heterocycles. The molecule has 0 spiro atoms. The highest BCUT2D eigenvalue weighted by molar-refractivity contribution is 5.75. The molecule has 0 radical (unpaired) electrons. The molecule has 3 atom stereocenters. The van der Waals surface area contributed by atoms with Crippen molar-refractivity contribution in [2.24, 2.45) is 11.8 Å². The molecular formula is C12H19F2NO4. The zero-order chi connectivity index (χ0) is 15.0. The maximum atomic E-state index is 12.3. The molecule has 0 saturated heterocycles. The third-order valence-corrected chi connectivity index (χ3v) is 2.87. The fourth-order valence-corrected chi connectivity index (χ4v) is 1.54. The van der Waals surface area contributed by atoms with Crippen molar-refractivity contribution in [3.8, 4) is 0 Å². The maximum absolute atomic E-state index is 12.3. The predicted octanol–water partition coefficient (Wildman–Crippen LogP) is 1.64. The van der Waals surface area contributed by atoms with Crippen molar-refractivity contribution in [3.63, 3.8) is 0 Å². The van der Waals surface area contributed by atoms with Crippen LogP contribution in [-0.4, -0.2) is 36.7 Å². The second kappa shape index (κ2) is 8.58. The van der Waals surface area contributed by atoms with E-state index >= 15 is 0 Å². The fraction of sp³-hybridized carbons (Fsp3) is 0.667. The Balaban J connectivity index is 4.70. The van der Waals surface area contributed by atoms with E-state index in [0.717, 1.165) is 0 Å². The van der Waals surface area contributed by atoms with Crippen LogP contribution < -0.4 is 5.32 Å². The normalized spacial score (nSPS) is 15.2. The Morgan fingerprint density at radius 1 is 1.42 bits per heavy atom. The van der Waals surface area contributed by atoms with Gasteiger partial charge in [0, 0.05) is 12.5 Å². The smallest absolute Gasteiger partial charge is 0.322 e. The summed E-state index contributed by atoms with van der Waals surface area (Å²) in [4.78, 5) is 22.1. The monoisotopic (exact) mass is 279 g/mol. The molecule has 110 valence electrons. The first kappa shape index (κ1) is 17.5. The number of halogens is 2. The van der Waals surface area contributed by atoms with Crippen LogP contribution in [0.1, 0.15) is 20.3 Å². The van der Waals surface area contributed by atoms with Crippen molar-refractivity contribution in [1.29, 1.82) is 0 Å². The Labute approximate surface area is 110 Å². The van der Waals surface area contributed by atoms with Gasteiger partial charge in [-0.2, -0.15) is 8.78 Å². The van der Waals surface area contributed by atoms with Crippen LogP contribution >= 0.6 is 0 Å². The average molecular weight is 279 g/mol. The predicted molar refractivity (Wildman–Crippen MR) is 64.7 cm³/mol. The Bertz CT molecular complexity index is 343. The minimum Gasteiger partial charge on any atom is -0.481 e. The minimum atomic E-state index is -1.94. The van der Waals surface area contributed by atoms with Gasteiger partial charge in [-0.25, -0.2) is 0 Å². The SMILES string of the molecule is CC[C@H](NCC(C=C(F)F)[C@H](C)C(=O)O)C(=O)OC. The van der Waals surface area contributed by atoms with Crippen LogP contribution in [0.5, 0.6) is 0 Å². The van der Waals surface area contributed by atoms with Gasteiger partial charge in [-0.05, 0) is 12.5 Å². The number of esters is 1. The summed E-state index contributed by atoms with van der Waals surface area (Å²) in [5.74, 6) is -3.56. The van der Waals surface area contributed by atoms with Crippen molar-refractivity contribution >= 4 is 11.9 Å². The topological polar surface area (TPSA) is 75.6 Å². The van der Waals surface area contributed by atoms with E-state index in [0.29, 0.717) is 12.5 Å². The lowest BCUT2D eigenvalue weighted by Gasteiger charge is -2.21. The van der Waals surface area contributed by atoms with Crippen molar-refractivity contribution in [3.05, 3.63) is 12.2 Å². The van der Waals surface area contributed by atoms with Gasteiger partial charge in [0.2, 0.25) is 0 Å². The lowest BCUT2D eigenvalue weighted by Crippen LogP contribution is -2.41. The summed E-state index contributed by atoms with van der Waals surface area (Å²) in [7, 11) is 1.23. The van der Waals surface area contributed by atoms with E-state index in [1.54, 1.807) is 6.92 Å². The molecule has 0 heterocycles. The van der Waals surface area contributed by atoms with Crippen LogP contribution in [-0.2, 0) is 14.3 Å². The highest BCUT2D eigenvalue weighted by atomic mass is 19.3. The fourth-order valence-electron chi connectivity index (χ4n) is 1.54. The van der Waals surface area contributed by atoms with Crippen molar-refractivity contribution in [2.75, 3.05) is 13.7 Å². The average Bonchev–Trinajstić information content (AvgIpc) is 2.35. The first-order valence-electron chi connectivity index (χ1n) is 5.90. The van der Waals surface area contributed by atoms with E-state index in [1.165, 1.54) is 14.0 Å². The van der Waals surface area contributed by atoms with E-state index in [1.807, 2.05) is 0 Å². The lowest BCUT2D eigenvalue weighted by molar-refractivity contribution is -0.143. The summed E-state index contributed by atoms with van der Waals surface area (Å²) in [5, 5.41) is 11.6. The van der Waals surface area contributed by atoms with Crippen molar-refractivity contribution in [1.82, 2.24) is 5.32 Å². The van der Waals surface area contributed by atoms with E-state index in [4.69, 9.17) is 5.11 Å². The highest BCUT2D eigenvalue weighted by Gasteiger charge is 2.25. The van der Waals surface area contributed by atoms with Gasteiger partial charge in [-0.3, -0.25) is 9.59 Å². The number of carboxylic acid groups (broad SMARTS) is 1. The molecule has 0 fully saturated rings. The second-order valence-electron chi connectivity index (χ2n) is 4.14. The van der Waals surface area contributed by atoms with Crippen LogP contribution in [0.25, 0.3) is 0 Å². The summed E-state index contributed by atoms with van der Waals surface area (Å²) in [6.07, 6.45) is -0.927. The number of rotatable bonds is 8. The Morgan fingerprint density at radius 2 is 2.00 bits per heavy atom. The number of nitrogens with one attached hydrogen (secondary N) is 1. The molecule has 0 aromatic heterocycles. The van der Waals surface area contributed by atoms with Gasteiger partial charge in [0.05, 0.1) is 13.0 Å². The quantitative estimate of drug-likeness (QED) is 0.661. The standard InChI is InChI=1S/C12H19F2NO4/c1-4-9(12(18)19-3)15-6-8(5-10(13)14)7(2)11(16)17/h5,7-9,15H,4,6H2,1-3H3,(H,16,17)/t7-,8?,9-/m0/s1. The van der Waals surface area contributed by atoms with E-state index < -0.39 is 35.9 Å². The first-order valence-corrected chi connectivity index (χ1v) is 5.90. The van der Waals surface area contributed by atoms with Crippen molar-refractivity contribution < 1.29 is 28.2 Å². The minimum absolute atomic E-state index is 0.0432. The molecule has 0 aromatic rings. The number of methoxy groups -OCH3 is 1. The summed E-state index contributed by atoms with van der Waals surface area (Å²) in [6.45, 7) is 3.03. The summed E-state index contributed by atoms with van der Waals surface area (Å²) < 4.78 is 29.1. The van der Waals surface area contributed by atoms with Gasteiger partial charge in [0.25, 0.3) is 6.08 Å². The summed E-state index contributed by atoms with van der Waals surface area (Å²) in [5.41, 5.74) is 0. The van der Waals surface area contributed by atoms with Crippen LogP contribution in [0.4, 0.5) is 8.78 Å². The molecule has 7 heteroatoms. The van der Waals surface area contributed by atoms with E-state index in [-0.39, 0.29) is 6.54 Å². The Hall–Kier alpha value is -1.50. The lowest BCUT2D eigenvalue weighted by atomic mass is 9.93. The molecular weight excluding hydrogens is 260 g/mol. The number of hydrogen-bond acceptors (Lipinski definition) is 4. The second-order valence-corrected chi connectivity index (χ2v) is 4.14. The zero-order valence-electron chi connectivity index (χ0n) is 11.2. The zero-order valence-corrected chi connectivity index (χ0v) is 11.2. The van der Waals surface area contributed by atoms with E-state index in [9.17, 15) is 18.4 Å². The molecule has 0 bridgehead atoms. The molecule has 0 amide bonds. The molecule has 5 nitrogen and oxygen atoms in total. The molecule has 0 aliphatic rings. The molecule has 0 aromatic carbocycles. The number of hydrogen-bond donors (Lipinski definition) is 2. The molecule has 2 N–H and O–H groups in total. The summed E-state index contributed by atoms with van der Waals surface area (Å²) >= 11 is 0. The van der Waals surface area contributed by atoms with Crippen LogP contribution in [0.3, 0.4) is 0 Å². The van der Waals surface area contributed by atoms with Crippen LogP contribution in [0.15, 0.2) is 12.2 Å². The van der Waals surface area contributed by atoms with Crippen LogP contribution in [0, 0.1) is 11.8 Å². The largest absolute Gasteiger partial charge is 0.481 e. The maximum Gasteiger partial charge on any atom is 0.322 e. The Morgan fingerprint density at radius 3 is 2.37 bits per heavy atom. The van der Waals surface area contributed by atoms with Crippen molar-refractivity contribution in [2.45, 2.75) is 26.3 Å². The number of ether oxygens (including phenoxy) is 1. The molecule has 0 saturated carbocycles. The number of carbonyl (C=O) groups excluding carboxylic acids is 1.